The number of nitrogens with one attached hydrogen (secondary N) is 1. The maximum atomic E-state index is 13.7. The SMILES string of the molecule is CC[C@@H](C)NC(=O)Cn1c(=O)c2cccn2c2ccc(F)cc21. The molecular formula is C17H18FN3O2. The number of carbonyl (C=O) groups excluding carboxylic acids is 1. The van der Waals surface area contributed by atoms with Crippen LogP contribution in [0.4, 0.5) is 4.39 Å². The summed E-state index contributed by atoms with van der Waals surface area (Å²) in [6.45, 7) is 3.73. The molecule has 0 spiro atoms. The molecule has 2 aromatic heterocycles. The van der Waals surface area contributed by atoms with E-state index in [-0.39, 0.29) is 24.1 Å². The van der Waals surface area contributed by atoms with E-state index in [0.29, 0.717) is 16.6 Å². The summed E-state index contributed by atoms with van der Waals surface area (Å²) < 4.78 is 16.7. The number of rotatable bonds is 4. The number of hydrogen-bond acceptors (Lipinski definition) is 2. The number of carbonyl (C=O) groups is 1. The second kappa shape index (κ2) is 5.87. The molecule has 6 heteroatoms. The Bertz CT molecular complexity index is 942. The van der Waals surface area contributed by atoms with Crippen LogP contribution in [0.3, 0.4) is 0 Å². The highest BCUT2D eigenvalue weighted by atomic mass is 19.1. The zero-order valence-corrected chi connectivity index (χ0v) is 13.0. The molecule has 1 N–H and O–H groups in total. The zero-order valence-electron chi connectivity index (χ0n) is 13.0. The molecule has 5 nitrogen and oxygen atoms in total. The Balaban J connectivity index is 2.17. The lowest BCUT2D eigenvalue weighted by Crippen LogP contribution is -2.37. The standard InChI is InChI=1S/C17H18FN3O2/c1-3-11(2)19-16(22)10-21-15-9-12(18)6-7-13(15)20-8-4-5-14(20)17(21)23/h4-9,11H,3,10H2,1-2H3,(H,19,22)/t11-/m1/s1. The molecule has 1 amide bonds. The van der Waals surface area contributed by atoms with Gasteiger partial charge in [-0.25, -0.2) is 4.39 Å². The minimum Gasteiger partial charge on any atom is -0.352 e. The fourth-order valence-electron chi connectivity index (χ4n) is 2.65. The maximum Gasteiger partial charge on any atom is 0.275 e. The summed E-state index contributed by atoms with van der Waals surface area (Å²) in [5.41, 5.74) is 1.23. The van der Waals surface area contributed by atoms with Gasteiger partial charge in [0.25, 0.3) is 5.56 Å². The van der Waals surface area contributed by atoms with Crippen LogP contribution in [0, 0.1) is 5.82 Å². The fraction of sp³-hybridized carbons (Fsp3) is 0.294. The van der Waals surface area contributed by atoms with Crippen LogP contribution < -0.4 is 10.9 Å². The number of benzene rings is 1. The minimum absolute atomic E-state index is 0.0261. The molecule has 0 unspecified atom stereocenters. The molecule has 3 aromatic rings. The summed E-state index contributed by atoms with van der Waals surface area (Å²) >= 11 is 0. The lowest BCUT2D eigenvalue weighted by Gasteiger charge is -2.15. The van der Waals surface area contributed by atoms with E-state index in [9.17, 15) is 14.0 Å². The number of fused-ring (bicyclic) bond motifs is 3. The predicted molar refractivity (Wildman–Crippen MR) is 87.0 cm³/mol. The van der Waals surface area contributed by atoms with Crippen LogP contribution in [0.25, 0.3) is 16.6 Å². The largest absolute Gasteiger partial charge is 0.352 e. The van der Waals surface area contributed by atoms with Crippen LogP contribution in [-0.2, 0) is 11.3 Å². The van der Waals surface area contributed by atoms with Crippen molar-refractivity contribution in [3.8, 4) is 0 Å². The van der Waals surface area contributed by atoms with E-state index in [1.165, 1.54) is 16.7 Å². The smallest absolute Gasteiger partial charge is 0.275 e. The van der Waals surface area contributed by atoms with E-state index >= 15 is 0 Å². The first-order valence-electron chi connectivity index (χ1n) is 7.59. The Labute approximate surface area is 132 Å². The molecule has 0 saturated heterocycles. The third-order valence-corrected chi connectivity index (χ3v) is 4.02. The van der Waals surface area contributed by atoms with Crippen LogP contribution >= 0.6 is 0 Å². The average molecular weight is 315 g/mol. The van der Waals surface area contributed by atoms with Crippen LogP contribution in [-0.4, -0.2) is 20.9 Å². The van der Waals surface area contributed by atoms with E-state index in [1.807, 2.05) is 13.8 Å². The average Bonchev–Trinajstić information content (AvgIpc) is 3.01. The quantitative estimate of drug-likeness (QED) is 0.803. The van der Waals surface area contributed by atoms with Gasteiger partial charge < -0.3 is 9.72 Å². The first kappa shape index (κ1) is 15.3. The van der Waals surface area contributed by atoms with Crippen LogP contribution in [0.15, 0.2) is 41.3 Å². The van der Waals surface area contributed by atoms with Gasteiger partial charge in [0, 0.05) is 12.2 Å². The molecule has 0 aliphatic rings. The number of halogens is 1. The van der Waals surface area contributed by atoms with E-state index < -0.39 is 5.82 Å². The van der Waals surface area contributed by atoms with E-state index in [0.717, 1.165) is 6.42 Å². The van der Waals surface area contributed by atoms with Gasteiger partial charge in [0.15, 0.2) is 0 Å². The molecular weight excluding hydrogens is 297 g/mol. The van der Waals surface area contributed by atoms with Gasteiger partial charge >= 0.3 is 0 Å². The minimum atomic E-state index is -0.445. The molecule has 1 atom stereocenters. The Kier molecular flexibility index (Phi) is 3.90. The van der Waals surface area contributed by atoms with Crippen molar-refractivity contribution in [1.82, 2.24) is 14.3 Å². The van der Waals surface area contributed by atoms with Crippen LogP contribution in [0.2, 0.25) is 0 Å². The van der Waals surface area contributed by atoms with Crippen molar-refractivity contribution in [3.05, 3.63) is 52.7 Å². The van der Waals surface area contributed by atoms with Gasteiger partial charge in [-0.05, 0) is 43.7 Å². The monoisotopic (exact) mass is 315 g/mol. The number of aromatic nitrogens is 2. The summed E-state index contributed by atoms with van der Waals surface area (Å²) in [4.78, 5) is 24.8. The van der Waals surface area contributed by atoms with Crippen molar-refractivity contribution in [1.29, 1.82) is 0 Å². The molecule has 0 radical (unpaired) electrons. The van der Waals surface area contributed by atoms with Crippen LogP contribution in [0.1, 0.15) is 20.3 Å². The third-order valence-electron chi connectivity index (χ3n) is 4.02. The summed E-state index contributed by atoms with van der Waals surface area (Å²) in [7, 11) is 0. The Morgan fingerprint density at radius 2 is 2.04 bits per heavy atom. The van der Waals surface area contributed by atoms with Crippen molar-refractivity contribution in [3.63, 3.8) is 0 Å². The zero-order chi connectivity index (χ0) is 16.6. The topological polar surface area (TPSA) is 55.5 Å². The predicted octanol–water partition coefficient (Wildman–Crippen LogP) is 2.31. The highest BCUT2D eigenvalue weighted by molar-refractivity contribution is 5.82. The second-order valence-electron chi connectivity index (χ2n) is 5.66. The van der Waals surface area contributed by atoms with Crippen molar-refractivity contribution in [2.24, 2.45) is 0 Å². The number of amides is 1. The molecule has 1 aromatic carbocycles. The first-order valence-corrected chi connectivity index (χ1v) is 7.59. The molecule has 3 rings (SSSR count). The van der Waals surface area contributed by atoms with Gasteiger partial charge in [0.2, 0.25) is 5.91 Å². The number of nitrogens with zero attached hydrogens (tertiary/aromatic N) is 2. The van der Waals surface area contributed by atoms with Gasteiger partial charge in [-0.2, -0.15) is 0 Å². The molecule has 0 saturated carbocycles. The van der Waals surface area contributed by atoms with E-state index in [2.05, 4.69) is 5.32 Å². The molecule has 0 aliphatic carbocycles. The van der Waals surface area contributed by atoms with Crippen LogP contribution in [0.5, 0.6) is 0 Å². The van der Waals surface area contributed by atoms with E-state index in [4.69, 9.17) is 0 Å². The van der Waals surface area contributed by atoms with Crippen molar-refractivity contribution in [2.75, 3.05) is 0 Å². The van der Waals surface area contributed by atoms with Gasteiger partial charge in [-0.1, -0.05) is 6.92 Å². The highest BCUT2D eigenvalue weighted by Crippen LogP contribution is 2.16. The van der Waals surface area contributed by atoms with Gasteiger partial charge in [0.1, 0.15) is 17.9 Å². The summed E-state index contributed by atoms with van der Waals surface area (Å²) in [5, 5.41) is 2.83. The second-order valence-corrected chi connectivity index (χ2v) is 5.66. The van der Waals surface area contributed by atoms with Crippen molar-refractivity contribution in [2.45, 2.75) is 32.9 Å². The molecule has 2 heterocycles. The third kappa shape index (κ3) is 2.72. The fourth-order valence-corrected chi connectivity index (χ4v) is 2.65. The number of hydrogen-bond donors (Lipinski definition) is 1. The molecule has 0 aliphatic heterocycles. The maximum absolute atomic E-state index is 13.7. The molecule has 23 heavy (non-hydrogen) atoms. The Morgan fingerprint density at radius 3 is 2.78 bits per heavy atom. The normalized spacial score (nSPS) is 12.7. The Morgan fingerprint density at radius 1 is 1.26 bits per heavy atom. The lowest BCUT2D eigenvalue weighted by atomic mass is 10.2. The molecule has 0 bridgehead atoms. The summed E-state index contributed by atoms with van der Waals surface area (Å²) in [6, 6.07) is 7.71. The van der Waals surface area contributed by atoms with Crippen molar-refractivity contribution >= 4 is 22.5 Å². The lowest BCUT2D eigenvalue weighted by molar-refractivity contribution is -0.122. The summed E-state index contributed by atoms with van der Waals surface area (Å²) in [6.07, 6.45) is 2.55. The van der Waals surface area contributed by atoms with Gasteiger partial charge in [-0.15, -0.1) is 0 Å². The first-order chi connectivity index (χ1) is 11.0. The van der Waals surface area contributed by atoms with Gasteiger partial charge in [-0.3, -0.25) is 14.2 Å². The van der Waals surface area contributed by atoms with E-state index in [1.54, 1.807) is 28.8 Å². The highest BCUT2D eigenvalue weighted by Gasteiger charge is 2.14. The Hall–Kier alpha value is -2.63. The van der Waals surface area contributed by atoms with Crippen molar-refractivity contribution < 1.29 is 9.18 Å². The van der Waals surface area contributed by atoms with Gasteiger partial charge in [0.05, 0.1) is 11.0 Å². The molecule has 0 fully saturated rings. The molecule has 120 valence electrons. The summed E-state index contributed by atoms with van der Waals surface area (Å²) in [5.74, 6) is -0.706.